The fraction of sp³-hybridized carbons (Fsp3) is 0.377. The first-order valence-corrected chi connectivity index (χ1v) is 27.0. The van der Waals surface area contributed by atoms with Crippen LogP contribution in [-0.2, 0) is 29.0 Å². The summed E-state index contributed by atoms with van der Waals surface area (Å²) in [7, 11) is 11.8. The van der Waals surface area contributed by atoms with Crippen LogP contribution in [0.3, 0.4) is 0 Å². The second kappa shape index (κ2) is 32.6. The highest BCUT2D eigenvalue weighted by Crippen LogP contribution is 2.36. The summed E-state index contributed by atoms with van der Waals surface area (Å²) < 4.78 is 116. The summed E-state index contributed by atoms with van der Waals surface area (Å²) in [4.78, 5) is 49.9. The third-order valence-corrected chi connectivity index (χ3v) is 14.0. The van der Waals surface area contributed by atoms with E-state index < -0.39 is 40.8 Å². The molecule has 2 amide bonds. The monoisotopic (exact) mass is 1250 g/mol. The Kier molecular flexibility index (Phi) is 26.7. The van der Waals surface area contributed by atoms with Crippen LogP contribution in [0.5, 0.6) is 23.0 Å². The van der Waals surface area contributed by atoms with Gasteiger partial charge in [-0.3, -0.25) is 19.4 Å². The highest BCUT2D eigenvalue weighted by molar-refractivity contribution is 7.78. The first-order valence-electron chi connectivity index (χ1n) is 26.6. The minimum absolute atomic E-state index is 0. The lowest BCUT2D eigenvalue weighted by atomic mass is 10.0. The Bertz CT molecular complexity index is 3470. The maximum Gasteiger partial charge on any atom is 0.416 e. The van der Waals surface area contributed by atoms with Crippen molar-refractivity contribution in [3.05, 3.63) is 132 Å². The van der Waals surface area contributed by atoms with Crippen molar-refractivity contribution >= 4 is 80.6 Å². The van der Waals surface area contributed by atoms with Gasteiger partial charge in [0.1, 0.15) is 52.0 Å². The van der Waals surface area contributed by atoms with Crippen LogP contribution < -0.4 is 36.5 Å². The molecular weight excluding hydrogens is 1180 g/mol. The van der Waals surface area contributed by atoms with E-state index in [0.717, 1.165) is 63.6 Å². The molecule has 2 saturated heterocycles. The predicted molar refractivity (Wildman–Crippen MR) is 334 cm³/mol. The molecule has 18 nitrogen and oxygen atoms in total. The molecule has 3 aromatic heterocycles. The molecule has 4 aromatic carbocycles. The number of nitrogen functional groups attached to an aromatic ring is 1. The number of fused-ring (bicyclic) bond motifs is 1. The van der Waals surface area contributed by atoms with Crippen molar-refractivity contribution in [2.24, 2.45) is 12.0 Å². The van der Waals surface area contributed by atoms with Gasteiger partial charge in [-0.05, 0) is 139 Å². The molecule has 0 saturated carbocycles. The molecule has 0 spiro atoms. The number of ether oxygens (including phenoxy) is 2. The highest BCUT2D eigenvalue weighted by Gasteiger charge is 2.32. The molecule has 6 N–H and O–H groups in total. The van der Waals surface area contributed by atoms with Gasteiger partial charge in [0.15, 0.2) is 0 Å². The number of anilines is 6. The van der Waals surface area contributed by atoms with Gasteiger partial charge in [-0.15, -0.1) is 0 Å². The molecule has 5 heterocycles. The lowest BCUT2D eigenvalue weighted by molar-refractivity contribution is -0.138. The number of aromatic nitrogens is 4. The molecule has 27 heteroatoms. The summed E-state index contributed by atoms with van der Waals surface area (Å²) in [5.41, 5.74) is 5.80. The molecule has 2 fully saturated rings. The van der Waals surface area contributed by atoms with Gasteiger partial charge in [0.25, 0.3) is 0 Å². The van der Waals surface area contributed by atoms with Crippen molar-refractivity contribution < 1.29 is 54.2 Å². The largest absolute Gasteiger partial charge is 0.457 e. The molecule has 0 unspecified atom stereocenters. The number of isothiocyanates is 1. The Balaban J connectivity index is 0.000000312. The number of thiocarbonyl (C=S) groups is 1. The van der Waals surface area contributed by atoms with Crippen molar-refractivity contribution in [3.63, 3.8) is 0 Å². The number of benzene rings is 4. The number of aliphatic imine (C=N–C) groups is 1. The van der Waals surface area contributed by atoms with E-state index in [1.165, 1.54) is 6.20 Å². The number of amides is 2. The predicted octanol–water partition coefficient (Wildman–Crippen LogP) is 13.6. The molecule has 0 radical (unpaired) electrons. The number of carbonyl (C=O) groups excluding carboxylic acids is 2. The minimum atomic E-state index is -4.61. The SMILES string of the molecule is C.C.C.CN(C)C1CCN(CC(=O)Nc2cc(Oc3ccc4c(c3)nc(Nc3cc(C(F)(F)F)ccc3F)n4C)ccn2)CC1.CNc1ccc(Oc2ccnc(NC(=O)CN3CCC(N(C)C)CC3)c2)cc1N.Fc1ccc(C(F)(F)F)cc1N=C=S. The Labute approximate surface area is 513 Å². The molecule has 476 valence electrons. The number of piperidine rings is 2. The highest BCUT2D eigenvalue weighted by atomic mass is 32.1. The number of aryl methyl sites for hydroxylation is 1. The normalized spacial score (nSPS) is 13.9. The smallest absolute Gasteiger partial charge is 0.416 e. The average molecular weight is 1250 g/mol. The molecular formula is C61H76F8N14O4S. The van der Waals surface area contributed by atoms with Gasteiger partial charge in [-0.2, -0.15) is 31.3 Å². The van der Waals surface area contributed by atoms with Crippen LogP contribution in [0.15, 0.2) is 114 Å². The molecule has 2 aliphatic heterocycles. The number of nitrogens with zero attached hydrogens (tertiary/aromatic N) is 9. The Morgan fingerprint density at radius 1 is 0.659 bits per heavy atom. The van der Waals surface area contributed by atoms with Crippen molar-refractivity contribution in [1.29, 1.82) is 0 Å². The van der Waals surface area contributed by atoms with Gasteiger partial charge in [0.05, 0.1) is 57.5 Å². The Morgan fingerprint density at radius 3 is 1.59 bits per heavy atom. The van der Waals surface area contributed by atoms with Gasteiger partial charge in [-0.1, -0.05) is 22.3 Å². The Morgan fingerprint density at radius 2 is 1.12 bits per heavy atom. The van der Waals surface area contributed by atoms with E-state index >= 15 is 0 Å². The van der Waals surface area contributed by atoms with E-state index in [4.69, 9.17) is 15.2 Å². The van der Waals surface area contributed by atoms with E-state index in [1.807, 2.05) is 19.2 Å². The van der Waals surface area contributed by atoms with E-state index in [1.54, 1.807) is 71.5 Å². The van der Waals surface area contributed by atoms with Crippen LogP contribution in [0, 0.1) is 11.6 Å². The van der Waals surface area contributed by atoms with Gasteiger partial charge >= 0.3 is 12.4 Å². The summed E-state index contributed by atoms with van der Waals surface area (Å²) >= 11 is 4.17. The number of rotatable bonds is 16. The molecule has 9 rings (SSSR count). The lowest BCUT2D eigenvalue weighted by Gasteiger charge is -2.34. The third-order valence-electron chi connectivity index (χ3n) is 13.9. The molecule has 0 aliphatic carbocycles. The zero-order valence-electron chi connectivity index (χ0n) is 47.3. The summed E-state index contributed by atoms with van der Waals surface area (Å²) in [6.07, 6.45) is -1.79. The summed E-state index contributed by atoms with van der Waals surface area (Å²) in [5.74, 6) is 1.12. The van der Waals surface area contributed by atoms with Crippen LogP contribution in [0.1, 0.15) is 59.1 Å². The molecule has 88 heavy (non-hydrogen) atoms. The maximum absolute atomic E-state index is 14.3. The minimum Gasteiger partial charge on any atom is -0.457 e. The van der Waals surface area contributed by atoms with Crippen LogP contribution in [0.2, 0.25) is 0 Å². The number of hydrogen-bond donors (Lipinski definition) is 5. The van der Waals surface area contributed by atoms with Crippen molar-refractivity contribution in [2.45, 2.75) is 72.4 Å². The van der Waals surface area contributed by atoms with Gasteiger partial charge in [0.2, 0.25) is 17.8 Å². The number of carbonyl (C=O) groups is 2. The fourth-order valence-corrected chi connectivity index (χ4v) is 9.34. The van der Waals surface area contributed by atoms with Crippen LogP contribution >= 0.6 is 12.2 Å². The van der Waals surface area contributed by atoms with Crippen LogP contribution in [-0.4, -0.2) is 143 Å². The van der Waals surface area contributed by atoms with Crippen molar-refractivity contribution in [3.8, 4) is 23.0 Å². The molecule has 0 atom stereocenters. The average Bonchev–Trinajstić information content (AvgIpc) is 2.03. The summed E-state index contributed by atoms with van der Waals surface area (Å²) in [6, 6.07) is 22.4. The van der Waals surface area contributed by atoms with E-state index in [-0.39, 0.29) is 52.3 Å². The van der Waals surface area contributed by atoms with E-state index in [0.29, 0.717) is 100 Å². The molecule has 7 aromatic rings. The van der Waals surface area contributed by atoms with Crippen LogP contribution in [0.4, 0.5) is 75.5 Å². The number of halogens is 8. The second-order valence-electron chi connectivity index (χ2n) is 20.3. The number of pyridine rings is 2. The van der Waals surface area contributed by atoms with E-state index in [9.17, 15) is 44.7 Å². The van der Waals surface area contributed by atoms with Crippen LogP contribution in [0.25, 0.3) is 11.0 Å². The van der Waals surface area contributed by atoms with Crippen molar-refractivity contribution in [2.75, 3.05) is 102 Å². The maximum atomic E-state index is 14.3. The number of nitrogens with one attached hydrogen (secondary N) is 4. The van der Waals surface area contributed by atoms with Gasteiger partial charge < -0.3 is 50.8 Å². The Hall–Kier alpha value is -8.33. The van der Waals surface area contributed by atoms with Gasteiger partial charge in [-0.25, -0.2) is 23.7 Å². The lowest BCUT2D eigenvalue weighted by Crippen LogP contribution is -2.44. The molecule has 2 aliphatic rings. The number of imidazole rings is 1. The fourth-order valence-electron chi connectivity index (χ4n) is 9.25. The van der Waals surface area contributed by atoms with Gasteiger partial charge in [0, 0.05) is 89.0 Å². The quantitative estimate of drug-likeness (QED) is 0.0265. The zero-order valence-corrected chi connectivity index (χ0v) is 48.1. The second-order valence-corrected chi connectivity index (χ2v) is 20.5. The molecule has 0 bridgehead atoms. The summed E-state index contributed by atoms with van der Waals surface area (Å²) in [5, 5.41) is 13.2. The third kappa shape index (κ3) is 20.7. The standard InChI is InChI=1S/C29H31F4N7O2.C21H30N6O2.C8H3F4NS.3CH4/c1-38(2)19-9-12-40(13-10-19)17-27(41)37-26-16-21(8-11-34-26)42-20-5-7-25-24(15-20)36-28(39(25)3)35-23-14-18(29(31,32)33)4-6-22(23)30;1-23-19-5-4-16(12-18(19)22)29-17-6-9-24-20(13-17)25-21(28)14-27-10-7-15(8-11-27)26(2)3;9-6-2-1-5(8(10,11)12)3-7(6)13-4-14;;;/h4-8,11,14-16,19H,9-10,12-13,17H2,1-3H3,(H,35,36)(H,34,37,41);4-6,9,12-13,15,23H,7-8,10-11,14,22H2,1-3H3,(H,24,25,28);1-3H;3*1H4. The first-order chi connectivity index (χ1) is 40.3. The first kappa shape index (κ1) is 72.1. The number of likely N-dealkylation sites (tertiary alicyclic amines) is 2. The topological polar surface area (TPSA) is 196 Å². The number of hydrogen-bond acceptors (Lipinski definition) is 16. The summed E-state index contributed by atoms with van der Waals surface area (Å²) in [6.45, 7) is 4.22. The van der Waals surface area contributed by atoms with E-state index in [2.05, 4.69) is 101 Å². The number of nitrogens with two attached hydrogens (primary N) is 1. The van der Waals surface area contributed by atoms with Crippen molar-refractivity contribution in [1.82, 2.24) is 39.1 Å². The number of alkyl halides is 6. The zero-order chi connectivity index (χ0) is 61.6.